The summed E-state index contributed by atoms with van der Waals surface area (Å²) in [5, 5.41) is 0. The summed E-state index contributed by atoms with van der Waals surface area (Å²) in [6, 6.07) is 55.4. The van der Waals surface area contributed by atoms with E-state index in [1.54, 1.807) is 6.07 Å². The van der Waals surface area contributed by atoms with E-state index in [1.807, 2.05) is 36.4 Å². The maximum Gasteiger partial charge on any atom is 0.252 e. The number of hydrogen-bond acceptors (Lipinski definition) is 3. The lowest BCUT2D eigenvalue weighted by atomic mass is 9.33. The highest BCUT2D eigenvalue weighted by Crippen LogP contribution is 2.53. The normalized spacial score (nSPS) is 15.7. The number of para-hydroxylation sites is 2. The number of hydrogen-bond donors (Lipinski definition) is 0. The molecule has 10 aromatic rings. The van der Waals surface area contributed by atoms with E-state index in [-0.39, 0.29) is 27.9 Å². The highest BCUT2D eigenvalue weighted by atomic mass is 15.2. The van der Waals surface area contributed by atoms with E-state index in [1.165, 1.54) is 16.0 Å². The van der Waals surface area contributed by atoms with Gasteiger partial charge in [0, 0.05) is 56.6 Å². The molecule has 0 saturated carbocycles. The summed E-state index contributed by atoms with van der Waals surface area (Å²) in [7, 11) is 0. The van der Waals surface area contributed by atoms with Crippen LogP contribution in [0.5, 0.6) is 0 Å². The van der Waals surface area contributed by atoms with Crippen LogP contribution in [0.15, 0.2) is 236 Å². The van der Waals surface area contributed by atoms with Gasteiger partial charge >= 0.3 is 0 Å². The molecule has 0 spiro atoms. The molecule has 3 aliphatic rings. The minimum atomic E-state index is -0.631. The molecule has 10 aromatic carbocycles. The molecular formula is C67H54BN3. The van der Waals surface area contributed by atoms with Crippen molar-refractivity contribution in [3.63, 3.8) is 0 Å². The fourth-order valence-corrected chi connectivity index (χ4v) is 11.3. The Kier molecular flexibility index (Phi) is 7.67. The largest absolute Gasteiger partial charge is 0.311 e. The van der Waals surface area contributed by atoms with Crippen LogP contribution < -0.4 is 31.1 Å². The molecule has 2 aliphatic heterocycles. The lowest BCUT2D eigenvalue weighted by Crippen LogP contribution is -2.61. The average molecular weight is 922 g/mol. The quantitative estimate of drug-likeness (QED) is 0.148. The molecule has 0 amide bonds. The van der Waals surface area contributed by atoms with E-state index < -0.39 is 67.1 Å². The smallest absolute Gasteiger partial charge is 0.252 e. The number of fused-ring (bicyclic) bond motifs is 7. The third kappa shape index (κ3) is 6.95. The molecule has 0 aromatic heterocycles. The molecule has 0 N–H and O–H groups in total. The summed E-state index contributed by atoms with van der Waals surface area (Å²) < 4.78 is 90.3. The number of nitrogens with zero attached hydrogens (tertiary/aromatic N) is 3. The SMILES string of the molecule is [2H]c1c([2H])c([2H])c(N(c2ccc3c(c2)N(c2ccc4c(c2)C(C)(C)c2ccccc2-4)c2cc(C(C)(C)C)cc4c2B3c2cc(-c3ccccc3)ccc2N4c2ccc(-c3ccccc3)cc2)c2c([2H])c([2H])c([2H])c([2H])c2[2H])c([2H])c1[2H]. The van der Waals surface area contributed by atoms with Gasteiger partial charge in [-0.3, -0.25) is 0 Å². The highest BCUT2D eigenvalue weighted by Gasteiger charge is 2.45. The van der Waals surface area contributed by atoms with E-state index in [9.17, 15) is 5.48 Å². The first-order valence-corrected chi connectivity index (χ1v) is 24.2. The Morgan fingerprint density at radius 2 is 0.986 bits per heavy atom. The van der Waals surface area contributed by atoms with Gasteiger partial charge in [0.15, 0.2) is 0 Å². The van der Waals surface area contributed by atoms with E-state index in [4.69, 9.17) is 8.22 Å². The van der Waals surface area contributed by atoms with Crippen LogP contribution in [0.25, 0.3) is 33.4 Å². The van der Waals surface area contributed by atoms with Crippen LogP contribution in [-0.2, 0) is 10.8 Å². The van der Waals surface area contributed by atoms with E-state index >= 15 is 0 Å². The van der Waals surface area contributed by atoms with Crippen LogP contribution in [-0.4, -0.2) is 6.71 Å². The van der Waals surface area contributed by atoms with Crippen LogP contribution in [0, 0.1) is 0 Å². The number of rotatable bonds is 7. The minimum absolute atomic E-state index is 0.217. The zero-order valence-electron chi connectivity index (χ0n) is 50.2. The van der Waals surface area contributed by atoms with Gasteiger partial charge in [-0.2, -0.15) is 0 Å². The molecule has 0 unspecified atom stereocenters. The molecule has 13 rings (SSSR count). The lowest BCUT2D eigenvalue weighted by molar-refractivity contribution is 0.590. The second-order valence-electron chi connectivity index (χ2n) is 20.3. The van der Waals surface area contributed by atoms with Crippen LogP contribution in [0.3, 0.4) is 0 Å². The van der Waals surface area contributed by atoms with Crippen molar-refractivity contribution in [2.24, 2.45) is 0 Å². The van der Waals surface area contributed by atoms with Crippen molar-refractivity contribution in [1.29, 1.82) is 0 Å². The average Bonchev–Trinajstić information content (AvgIpc) is 3.76. The molecule has 0 saturated heterocycles. The summed E-state index contributed by atoms with van der Waals surface area (Å²) >= 11 is 0. The molecule has 71 heavy (non-hydrogen) atoms. The van der Waals surface area contributed by atoms with Gasteiger partial charge in [0.05, 0.1) is 13.7 Å². The van der Waals surface area contributed by atoms with Crippen LogP contribution in [0.2, 0.25) is 0 Å². The predicted molar refractivity (Wildman–Crippen MR) is 302 cm³/mol. The molecule has 0 radical (unpaired) electrons. The zero-order valence-corrected chi connectivity index (χ0v) is 40.2. The van der Waals surface area contributed by atoms with Crippen molar-refractivity contribution in [3.8, 4) is 33.4 Å². The molecule has 3 nitrogen and oxygen atoms in total. The first-order chi connectivity index (χ1) is 38.8. The van der Waals surface area contributed by atoms with Gasteiger partial charge in [0.1, 0.15) is 0 Å². The Labute approximate surface area is 433 Å². The maximum absolute atomic E-state index is 9.39. The molecule has 1 aliphatic carbocycles. The molecule has 0 bridgehead atoms. The van der Waals surface area contributed by atoms with Crippen LogP contribution in [0.4, 0.5) is 51.2 Å². The number of anilines is 9. The predicted octanol–water partition coefficient (Wildman–Crippen LogP) is 16.2. The standard InChI is InChI=1S/C67H54BN3/c1-66(2,3)49-41-63-65-64(42-49)71(53-35-37-56-55-28-18-19-29-57(55)67(4,5)58(56)43-53)62-44-54(69(50-24-14-8-15-25-50)51-26-16-9-17-27-51)36-38-59(62)68(65)60-40-48(46-22-12-7-13-23-46)32-39-61(60)70(63)52-33-30-47(31-34-52)45-20-10-6-11-21-45/h6-44H,1-5H3/i8D,9D,14D,15D,16D,17D,24D,25D,26D,27D. The van der Waals surface area contributed by atoms with E-state index in [0.717, 1.165) is 83.8 Å². The Morgan fingerprint density at radius 3 is 1.63 bits per heavy atom. The summed E-state index contributed by atoms with van der Waals surface area (Å²) in [5.41, 5.74) is 17.2. The van der Waals surface area contributed by atoms with Crippen LogP contribution >= 0.6 is 0 Å². The zero-order chi connectivity index (χ0) is 56.7. The fraction of sp³-hybridized carbons (Fsp3) is 0.104. The lowest BCUT2D eigenvalue weighted by Gasteiger charge is -2.45. The Balaban J connectivity index is 1.15. The van der Waals surface area contributed by atoms with Gasteiger partial charge in [-0.25, -0.2) is 0 Å². The molecule has 0 fully saturated rings. The third-order valence-corrected chi connectivity index (χ3v) is 14.8. The minimum Gasteiger partial charge on any atom is -0.311 e. The van der Waals surface area contributed by atoms with E-state index in [0.29, 0.717) is 5.69 Å². The van der Waals surface area contributed by atoms with Gasteiger partial charge in [0.2, 0.25) is 0 Å². The maximum atomic E-state index is 9.39. The van der Waals surface area contributed by atoms with Gasteiger partial charge in [-0.05, 0) is 151 Å². The third-order valence-electron chi connectivity index (χ3n) is 14.8. The summed E-state index contributed by atoms with van der Waals surface area (Å²) in [4.78, 5) is 5.92. The molecular weight excluding hydrogens is 858 g/mol. The number of benzene rings is 10. The van der Waals surface area contributed by atoms with Crippen molar-refractivity contribution in [1.82, 2.24) is 0 Å². The summed E-state index contributed by atoms with van der Waals surface area (Å²) in [6.45, 7) is 10.7. The van der Waals surface area contributed by atoms with E-state index in [2.05, 4.69) is 178 Å². The van der Waals surface area contributed by atoms with Gasteiger partial charge in [-0.1, -0.05) is 192 Å². The van der Waals surface area contributed by atoms with Crippen molar-refractivity contribution < 1.29 is 13.7 Å². The first kappa shape index (κ1) is 33.2. The van der Waals surface area contributed by atoms with Crippen molar-refractivity contribution >= 4 is 74.3 Å². The summed E-state index contributed by atoms with van der Waals surface area (Å²) in [6.07, 6.45) is 0. The second kappa shape index (κ2) is 16.4. The Bertz CT molecular complexity index is 4150. The topological polar surface area (TPSA) is 9.72 Å². The monoisotopic (exact) mass is 922 g/mol. The fourth-order valence-electron chi connectivity index (χ4n) is 11.3. The molecule has 340 valence electrons. The molecule has 4 heteroatoms. The Hall–Kier alpha value is -8.34. The van der Waals surface area contributed by atoms with Crippen molar-refractivity contribution in [2.75, 3.05) is 14.7 Å². The molecule has 2 heterocycles. The van der Waals surface area contributed by atoms with Crippen molar-refractivity contribution in [2.45, 2.75) is 45.4 Å². The van der Waals surface area contributed by atoms with Gasteiger partial charge in [-0.15, -0.1) is 0 Å². The Morgan fingerprint density at radius 1 is 0.437 bits per heavy atom. The second-order valence-corrected chi connectivity index (χ2v) is 20.3. The van der Waals surface area contributed by atoms with Crippen molar-refractivity contribution in [3.05, 3.63) is 253 Å². The highest BCUT2D eigenvalue weighted by molar-refractivity contribution is 7.00. The van der Waals surface area contributed by atoms with Gasteiger partial charge < -0.3 is 14.7 Å². The van der Waals surface area contributed by atoms with Crippen LogP contribution in [0.1, 0.15) is 65.0 Å². The van der Waals surface area contributed by atoms with Gasteiger partial charge in [0.25, 0.3) is 6.71 Å². The molecule has 0 atom stereocenters. The summed E-state index contributed by atoms with van der Waals surface area (Å²) in [5.74, 6) is 0. The first-order valence-electron chi connectivity index (χ1n) is 29.2.